The fourth-order valence-corrected chi connectivity index (χ4v) is 2.08. The molecule has 4 nitrogen and oxygen atoms in total. The van der Waals surface area contributed by atoms with Gasteiger partial charge in [0.2, 0.25) is 5.75 Å². The second-order valence-corrected chi connectivity index (χ2v) is 4.43. The minimum atomic E-state index is 0.268. The summed E-state index contributed by atoms with van der Waals surface area (Å²) < 4.78 is 16.5. The lowest BCUT2D eigenvalue weighted by Crippen LogP contribution is -2.03. The van der Waals surface area contributed by atoms with Gasteiger partial charge < -0.3 is 19.0 Å². The minimum Gasteiger partial charge on any atom is -0.493 e. The molecule has 0 bridgehead atoms. The van der Waals surface area contributed by atoms with Crippen LogP contribution >= 0.6 is 0 Å². The van der Waals surface area contributed by atoms with Crippen LogP contribution in [0.5, 0.6) is 17.2 Å². The molecule has 0 unspecified atom stereocenters. The molecule has 4 heteroatoms. The summed E-state index contributed by atoms with van der Waals surface area (Å²) in [7, 11) is 3.12. The number of hydrogen-bond donors (Lipinski definition) is 0. The van der Waals surface area contributed by atoms with Gasteiger partial charge in [0.15, 0.2) is 11.5 Å². The van der Waals surface area contributed by atoms with Gasteiger partial charge in [-0.3, -0.25) is 0 Å². The Kier molecular flexibility index (Phi) is 5.21. The van der Waals surface area contributed by atoms with Gasteiger partial charge >= 0.3 is 0 Å². The summed E-state index contributed by atoms with van der Waals surface area (Å²) in [5, 5.41) is 0. The molecule has 110 valence electrons. The summed E-state index contributed by atoms with van der Waals surface area (Å²) in [5.74, 6) is 1.63. The molecule has 0 radical (unpaired) electrons. The lowest BCUT2D eigenvalue weighted by molar-refractivity contribution is -0.107. The molecule has 21 heavy (non-hydrogen) atoms. The van der Waals surface area contributed by atoms with E-state index in [-0.39, 0.29) is 6.42 Å². The Hall–Kier alpha value is -2.49. The molecule has 0 heterocycles. The molecule has 0 atom stereocenters. The largest absolute Gasteiger partial charge is 0.493 e. The molecule has 0 aromatic heterocycles. The van der Waals surface area contributed by atoms with Gasteiger partial charge in [-0.2, -0.15) is 0 Å². The molecule has 2 aromatic carbocycles. The van der Waals surface area contributed by atoms with E-state index in [2.05, 4.69) is 0 Å². The summed E-state index contributed by atoms with van der Waals surface area (Å²) in [6.45, 7) is 0.399. The second-order valence-electron chi connectivity index (χ2n) is 4.43. The number of carbonyl (C=O) groups is 1. The van der Waals surface area contributed by atoms with Crippen molar-refractivity contribution in [3.8, 4) is 17.2 Å². The molecule has 0 saturated heterocycles. The Bertz CT molecular complexity index is 593. The highest BCUT2D eigenvalue weighted by Gasteiger charge is 2.16. The van der Waals surface area contributed by atoms with Crippen molar-refractivity contribution in [2.75, 3.05) is 14.2 Å². The van der Waals surface area contributed by atoms with Crippen molar-refractivity contribution in [2.45, 2.75) is 13.0 Å². The maximum absolute atomic E-state index is 10.8. The Morgan fingerprint density at radius 1 is 0.952 bits per heavy atom. The molecule has 0 spiro atoms. The van der Waals surface area contributed by atoms with Crippen LogP contribution in [0.4, 0.5) is 0 Å². The first kappa shape index (κ1) is 14.9. The zero-order valence-electron chi connectivity index (χ0n) is 12.2. The maximum Gasteiger partial charge on any atom is 0.203 e. The summed E-state index contributed by atoms with van der Waals surface area (Å²) >= 11 is 0. The minimum absolute atomic E-state index is 0.268. The maximum atomic E-state index is 10.8. The molecule has 0 aliphatic carbocycles. The first-order chi connectivity index (χ1) is 10.3. The highest BCUT2D eigenvalue weighted by atomic mass is 16.5. The summed E-state index contributed by atoms with van der Waals surface area (Å²) in [6.07, 6.45) is 1.11. The van der Waals surface area contributed by atoms with Gasteiger partial charge in [-0.1, -0.05) is 36.4 Å². The van der Waals surface area contributed by atoms with Crippen molar-refractivity contribution < 1.29 is 19.0 Å². The zero-order chi connectivity index (χ0) is 15.1. The molecule has 0 fully saturated rings. The van der Waals surface area contributed by atoms with Crippen molar-refractivity contribution in [3.63, 3.8) is 0 Å². The predicted octanol–water partition coefficient (Wildman–Crippen LogP) is 3.02. The van der Waals surface area contributed by atoms with E-state index in [9.17, 15) is 4.79 Å². The molecule has 0 aliphatic heterocycles. The molecule has 0 N–H and O–H groups in total. The molecule has 2 rings (SSSR count). The first-order valence-electron chi connectivity index (χ1n) is 6.64. The van der Waals surface area contributed by atoms with Gasteiger partial charge in [-0.05, 0) is 11.6 Å². The SMILES string of the molecule is COc1ccc(CC=O)c(OCc2ccccc2)c1OC. The number of hydrogen-bond acceptors (Lipinski definition) is 4. The monoisotopic (exact) mass is 286 g/mol. The van der Waals surface area contributed by atoms with Crippen molar-refractivity contribution in [3.05, 3.63) is 53.6 Å². The van der Waals surface area contributed by atoms with Crippen LogP contribution in [0, 0.1) is 0 Å². The predicted molar refractivity (Wildman–Crippen MR) is 80.1 cm³/mol. The molecular formula is C17H18O4. The number of aldehydes is 1. The third-order valence-electron chi connectivity index (χ3n) is 3.11. The first-order valence-corrected chi connectivity index (χ1v) is 6.64. The van der Waals surface area contributed by atoms with E-state index in [0.717, 1.165) is 17.4 Å². The van der Waals surface area contributed by atoms with Crippen LogP contribution in [0.1, 0.15) is 11.1 Å². The molecule has 0 aliphatic rings. The second kappa shape index (κ2) is 7.33. The Balaban J connectivity index is 2.31. The highest BCUT2D eigenvalue weighted by Crippen LogP contribution is 2.40. The van der Waals surface area contributed by atoms with E-state index in [1.807, 2.05) is 36.4 Å². The molecule has 0 saturated carbocycles. The fourth-order valence-electron chi connectivity index (χ4n) is 2.08. The van der Waals surface area contributed by atoms with Gasteiger partial charge in [0, 0.05) is 12.0 Å². The van der Waals surface area contributed by atoms with E-state index < -0.39 is 0 Å². The van der Waals surface area contributed by atoms with Gasteiger partial charge in [0.1, 0.15) is 12.9 Å². The standard InChI is InChI=1S/C17H18O4/c1-19-15-9-8-14(10-11-18)16(17(15)20-2)21-12-13-6-4-3-5-7-13/h3-9,11H,10,12H2,1-2H3. The number of carbonyl (C=O) groups excluding carboxylic acids is 1. The van der Waals surface area contributed by atoms with E-state index in [1.54, 1.807) is 20.3 Å². The van der Waals surface area contributed by atoms with Gasteiger partial charge in [-0.25, -0.2) is 0 Å². The zero-order valence-corrected chi connectivity index (χ0v) is 12.2. The molecule has 0 amide bonds. The average Bonchev–Trinajstić information content (AvgIpc) is 2.54. The number of ether oxygens (including phenoxy) is 3. The van der Waals surface area contributed by atoms with Crippen molar-refractivity contribution in [1.29, 1.82) is 0 Å². The van der Waals surface area contributed by atoms with Crippen LogP contribution in [0.2, 0.25) is 0 Å². The highest BCUT2D eigenvalue weighted by molar-refractivity contribution is 5.63. The smallest absolute Gasteiger partial charge is 0.203 e. The average molecular weight is 286 g/mol. The van der Waals surface area contributed by atoms with E-state index in [4.69, 9.17) is 14.2 Å². The van der Waals surface area contributed by atoms with Crippen LogP contribution in [-0.4, -0.2) is 20.5 Å². The number of methoxy groups -OCH3 is 2. The number of benzene rings is 2. The summed E-state index contributed by atoms with van der Waals surface area (Å²) in [6, 6.07) is 13.4. The van der Waals surface area contributed by atoms with Gasteiger partial charge in [0.25, 0.3) is 0 Å². The van der Waals surface area contributed by atoms with Crippen molar-refractivity contribution in [2.24, 2.45) is 0 Å². The lowest BCUT2D eigenvalue weighted by atomic mass is 10.1. The summed E-state index contributed by atoms with van der Waals surface area (Å²) in [4.78, 5) is 10.8. The van der Waals surface area contributed by atoms with Gasteiger partial charge in [-0.15, -0.1) is 0 Å². The molecule has 2 aromatic rings. The van der Waals surface area contributed by atoms with Crippen LogP contribution < -0.4 is 14.2 Å². The Morgan fingerprint density at radius 3 is 2.33 bits per heavy atom. The van der Waals surface area contributed by atoms with Crippen molar-refractivity contribution >= 4 is 6.29 Å². The topological polar surface area (TPSA) is 44.8 Å². The molecular weight excluding hydrogens is 268 g/mol. The van der Waals surface area contributed by atoms with E-state index >= 15 is 0 Å². The van der Waals surface area contributed by atoms with Crippen LogP contribution in [-0.2, 0) is 17.8 Å². The van der Waals surface area contributed by atoms with E-state index in [1.165, 1.54) is 0 Å². The lowest BCUT2D eigenvalue weighted by Gasteiger charge is -2.16. The van der Waals surface area contributed by atoms with Crippen LogP contribution in [0.15, 0.2) is 42.5 Å². The third-order valence-corrected chi connectivity index (χ3v) is 3.11. The Morgan fingerprint density at radius 2 is 1.71 bits per heavy atom. The van der Waals surface area contributed by atoms with Crippen LogP contribution in [0.3, 0.4) is 0 Å². The third kappa shape index (κ3) is 3.54. The quantitative estimate of drug-likeness (QED) is 0.734. The van der Waals surface area contributed by atoms with Crippen molar-refractivity contribution in [1.82, 2.24) is 0 Å². The number of rotatable bonds is 7. The summed E-state index contributed by atoms with van der Waals surface area (Å²) in [5.41, 5.74) is 1.82. The fraction of sp³-hybridized carbons (Fsp3) is 0.235. The normalized spacial score (nSPS) is 10.0. The van der Waals surface area contributed by atoms with Gasteiger partial charge in [0.05, 0.1) is 14.2 Å². The van der Waals surface area contributed by atoms with Crippen LogP contribution in [0.25, 0.3) is 0 Å². The van der Waals surface area contributed by atoms with E-state index in [0.29, 0.717) is 23.9 Å². The Labute approximate surface area is 124 Å².